The predicted molar refractivity (Wildman–Crippen MR) is 49.8 cm³/mol. The summed E-state index contributed by atoms with van der Waals surface area (Å²) >= 11 is 0. The van der Waals surface area contributed by atoms with Crippen molar-refractivity contribution >= 4 is 5.95 Å². The lowest BCUT2D eigenvalue weighted by Crippen LogP contribution is -2.29. The van der Waals surface area contributed by atoms with E-state index in [1.54, 1.807) is 4.68 Å². The number of nitrogens with one attached hydrogen (secondary N) is 1. The van der Waals surface area contributed by atoms with E-state index in [0.717, 1.165) is 25.8 Å². The highest BCUT2D eigenvalue weighted by atomic mass is 19.3. The van der Waals surface area contributed by atoms with Gasteiger partial charge in [0, 0.05) is 6.54 Å². The molecule has 2 unspecified atom stereocenters. The number of alkyl halides is 2. The SMILES string of the molecule is FC(F)c1nc2n(n1)C1CCCC1CN2. The van der Waals surface area contributed by atoms with Gasteiger partial charge in [-0.25, -0.2) is 13.5 Å². The maximum Gasteiger partial charge on any atom is 0.299 e. The van der Waals surface area contributed by atoms with Gasteiger partial charge in [-0.2, -0.15) is 4.98 Å². The number of hydrogen-bond donors (Lipinski definition) is 1. The molecule has 0 aromatic carbocycles. The van der Waals surface area contributed by atoms with Gasteiger partial charge >= 0.3 is 0 Å². The van der Waals surface area contributed by atoms with Crippen molar-refractivity contribution in [3.05, 3.63) is 5.82 Å². The molecule has 1 aliphatic carbocycles. The Morgan fingerprint density at radius 1 is 1.40 bits per heavy atom. The van der Waals surface area contributed by atoms with Crippen LogP contribution in [0.1, 0.15) is 37.6 Å². The standard InChI is InChI=1S/C9H12F2N4/c10-7(11)8-13-9-12-4-5-2-1-3-6(5)15(9)14-8/h5-7H,1-4H2,(H,12,13,14). The molecule has 3 rings (SSSR count). The Morgan fingerprint density at radius 2 is 2.27 bits per heavy atom. The fraction of sp³-hybridized carbons (Fsp3) is 0.778. The minimum Gasteiger partial charge on any atom is -0.354 e. The Bertz CT molecular complexity index is 376. The van der Waals surface area contributed by atoms with Gasteiger partial charge in [-0.15, -0.1) is 5.10 Å². The van der Waals surface area contributed by atoms with Crippen LogP contribution < -0.4 is 5.32 Å². The minimum atomic E-state index is -2.58. The molecule has 1 aromatic heterocycles. The zero-order valence-electron chi connectivity index (χ0n) is 8.16. The fourth-order valence-electron chi connectivity index (χ4n) is 2.58. The molecule has 1 N–H and O–H groups in total. The second-order valence-electron chi connectivity index (χ2n) is 4.18. The van der Waals surface area contributed by atoms with E-state index in [2.05, 4.69) is 15.4 Å². The van der Waals surface area contributed by atoms with Gasteiger partial charge in [0.05, 0.1) is 6.04 Å². The average molecular weight is 214 g/mol. The largest absolute Gasteiger partial charge is 0.354 e. The molecule has 2 atom stereocenters. The third kappa shape index (κ3) is 1.31. The average Bonchev–Trinajstić information content (AvgIpc) is 2.82. The fourth-order valence-corrected chi connectivity index (χ4v) is 2.58. The van der Waals surface area contributed by atoms with Crippen LogP contribution in [-0.2, 0) is 0 Å². The summed E-state index contributed by atoms with van der Waals surface area (Å²) in [5.74, 6) is 0.684. The summed E-state index contributed by atoms with van der Waals surface area (Å²) in [6.07, 6.45) is 0.761. The molecule has 1 saturated carbocycles. The molecule has 4 nitrogen and oxygen atoms in total. The molecule has 6 heteroatoms. The van der Waals surface area contributed by atoms with Crippen molar-refractivity contribution in [2.75, 3.05) is 11.9 Å². The quantitative estimate of drug-likeness (QED) is 0.777. The lowest BCUT2D eigenvalue weighted by atomic mass is 10.0. The van der Waals surface area contributed by atoms with E-state index in [1.807, 2.05) is 0 Å². The number of fused-ring (bicyclic) bond motifs is 3. The van der Waals surface area contributed by atoms with E-state index >= 15 is 0 Å². The molecule has 2 heterocycles. The topological polar surface area (TPSA) is 42.7 Å². The predicted octanol–water partition coefficient (Wildman–Crippen LogP) is 1.98. The van der Waals surface area contributed by atoms with Crippen LogP contribution in [0, 0.1) is 5.92 Å². The Hall–Kier alpha value is -1.20. The van der Waals surface area contributed by atoms with Crippen molar-refractivity contribution in [3.8, 4) is 0 Å². The number of aromatic nitrogens is 3. The Kier molecular flexibility index (Phi) is 1.90. The van der Waals surface area contributed by atoms with Crippen molar-refractivity contribution in [1.29, 1.82) is 0 Å². The third-order valence-corrected chi connectivity index (χ3v) is 3.30. The third-order valence-electron chi connectivity index (χ3n) is 3.30. The van der Waals surface area contributed by atoms with E-state index in [9.17, 15) is 8.78 Å². The first-order valence-electron chi connectivity index (χ1n) is 5.24. The lowest BCUT2D eigenvalue weighted by Gasteiger charge is -2.26. The summed E-state index contributed by atoms with van der Waals surface area (Å²) in [6.45, 7) is 0.839. The molecule has 2 aliphatic rings. The van der Waals surface area contributed by atoms with Gasteiger partial charge < -0.3 is 5.32 Å². The number of nitrogens with zero attached hydrogens (tertiary/aromatic N) is 3. The number of hydrogen-bond acceptors (Lipinski definition) is 3. The summed E-state index contributed by atoms with van der Waals surface area (Å²) in [5, 5.41) is 6.95. The molecule has 0 amide bonds. The Labute approximate surface area is 85.7 Å². The van der Waals surface area contributed by atoms with Crippen molar-refractivity contribution < 1.29 is 8.78 Å². The van der Waals surface area contributed by atoms with Crippen LogP contribution in [-0.4, -0.2) is 21.3 Å². The second kappa shape index (κ2) is 3.15. The molecule has 0 saturated heterocycles. The molecule has 1 aromatic rings. The van der Waals surface area contributed by atoms with E-state index in [1.165, 1.54) is 0 Å². The van der Waals surface area contributed by atoms with Crippen molar-refractivity contribution in [1.82, 2.24) is 14.8 Å². The highest BCUT2D eigenvalue weighted by Crippen LogP contribution is 2.39. The maximum absolute atomic E-state index is 12.4. The molecule has 15 heavy (non-hydrogen) atoms. The smallest absolute Gasteiger partial charge is 0.299 e. The van der Waals surface area contributed by atoms with Crippen LogP contribution in [0.2, 0.25) is 0 Å². The van der Waals surface area contributed by atoms with E-state index in [4.69, 9.17) is 0 Å². The summed E-state index contributed by atoms with van der Waals surface area (Å²) in [5.41, 5.74) is 0. The minimum absolute atomic E-state index is 0.279. The van der Waals surface area contributed by atoms with Gasteiger partial charge in [-0.05, 0) is 18.8 Å². The number of rotatable bonds is 1. The summed E-state index contributed by atoms with van der Waals surface area (Å²) in [4.78, 5) is 3.80. The Balaban J connectivity index is 1.99. The zero-order chi connectivity index (χ0) is 10.4. The molecule has 1 fully saturated rings. The maximum atomic E-state index is 12.4. The van der Waals surface area contributed by atoms with Crippen LogP contribution in [0.15, 0.2) is 0 Å². The van der Waals surface area contributed by atoms with Gasteiger partial charge in [-0.3, -0.25) is 0 Å². The van der Waals surface area contributed by atoms with Gasteiger partial charge in [0.2, 0.25) is 11.8 Å². The number of anilines is 1. The molecule has 82 valence electrons. The molecule has 0 bridgehead atoms. The summed E-state index contributed by atoms with van der Waals surface area (Å²) in [7, 11) is 0. The molecule has 0 spiro atoms. The first-order valence-corrected chi connectivity index (χ1v) is 5.24. The molecular formula is C9H12F2N4. The van der Waals surface area contributed by atoms with Crippen molar-refractivity contribution in [3.63, 3.8) is 0 Å². The molecular weight excluding hydrogens is 202 g/mol. The van der Waals surface area contributed by atoms with Crippen LogP contribution in [0.3, 0.4) is 0 Å². The first-order chi connectivity index (χ1) is 7.25. The van der Waals surface area contributed by atoms with E-state index in [0.29, 0.717) is 11.9 Å². The van der Waals surface area contributed by atoms with Crippen molar-refractivity contribution in [2.24, 2.45) is 5.92 Å². The monoisotopic (exact) mass is 214 g/mol. The molecule has 0 radical (unpaired) electrons. The van der Waals surface area contributed by atoms with Gasteiger partial charge in [-0.1, -0.05) is 6.42 Å². The van der Waals surface area contributed by atoms with Crippen LogP contribution in [0.4, 0.5) is 14.7 Å². The second-order valence-corrected chi connectivity index (χ2v) is 4.18. The Morgan fingerprint density at radius 3 is 3.07 bits per heavy atom. The van der Waals surface area contributed by atoms with E-state index < -0.39 is 6.43 Å². The first kappa shape index (κ1) is 9.06. The lowest BCUT2D eigenvalue weighted by molar-refractivity contribution is 0.139. The van der Waals surface area contributed by atoms with Crippen LogP contribution in [0.5, 0.6) is 0 Å². The van der Waals surface area contributed by atoms with Gasteiger partial charge in [0.1, 0.15) is 0 Å². The van der Waals surface area contributed by atoms with Gasteiger partial charge in [0.25, 0.3) is 6.43 Å². The van der Waals surface area contributed by atoms with Crippen LogP contribution >= 0.6 is 0 Å². The van der Waals surface area contributed by atoms with Crippen molar-refractivity contribution in [2.45, 2.75) is 31.7 Å². The normalized spacial score (nSPS) is 28.7. The van der Waals surface area contributed by atoms with E-state index in [-0.39, 0.29) is 11.9 Å². The molecule has 1 aliphatic heterocycles. The number of halogens is 2. The zero-order valence-corrected chi connectivity index (χ0v) is 8.16. The summed E-state index contributed by atoms with van der Waals surface area (Å²) < 4.78 is 26.5. The summed E-state index contributed by atoms with van der Waals surface area (Å²) in [6, 6.07) is 0.279. The van der Waals surface area contributed by atoms with Gasteiger partial charge in [0.15, 0.2) is 0 Å². The highest BCUT2D eigenvalue weighted by molar-refractivity contribution is 5.29. The highest BCUT2D eigenvalue weighted by Gasteiger charge is 2.35. The van der Waals surface area contributed by atoms with Crippen LogP contribution in [0.25, 0.3) is 0 Å².